The van der Waals surface area contributed by atoms with Crippen LogP contribution < -0.4 is 0 Å². The van der Waals surface area contributed by atoms with E-state index in [1.165, 1.54) is 20.7 Å². The van der Waals surface area contributed by atoms with E-state index in [-0.39, 0.29) is 0 Å². The summed E-state index contributed by atoms with van der Waals surface area (Å²) < 4.78 is 1.78. The highest BCUT2D eigenvalue weighted by molar-refractivity contribution is 7.15. The van der Waals surface area contributed by atoms with Crippen LogP contribution in [0.1, 0.15) is 4.88 Å². The molecule has 0 spiro atoms. The Morgan fingerprint density at radius 2 is 2.00 bits per heavy atom. The summed E-state index contributed by atoms with van der Waals surface area (Å²) in [5.74, 6) is 0. The van der Waals surface area contributed by atoms with Gasteiger partial charge in [-0.05, 0) is 37.3 Å². The van der Waals surface area contributed by atoms with Gasteiger partial charge in [0.1, 0.15) is 0 Å². The largest absolute Gasteiger partial charge is 0.353 e. The van der Waals surface area contributed by atoms with E-state index in [9.17, 15) is 0 Å². The van der Waals surface area contributed by atoms with Gasteiger partial charge < -0.3 is 4.98 Å². The van der Waals surface area contributed by atoms with E-state index in [0.29, 0.717) is 0 Å². The second kappa shape index (κ2) is 5.71. The van der Waals surface area contributed by atoms with E-state index >= 15 is 0 Å². The fourth-order valence-corrected chi connectivity index (χ4v) is 4.16. The van der Waals surface area contributed by atoms with Gasteiger partial charge in [-0.15, -0.1) is 11.3 Å². The van der Waals surface area contributed by atoms with E-state index < -0.39 is 0 Å². The van der Waals surface area contributed by atoms with Crippen LogP contribution in [0.5, 0.6) is 0 Å². The molecule has 0 radical (unpaired) electrons. The van der Waals surface area contributed by atoms with Gasteiger partial charge in [-0.1, -0.05) is 12.1 Å². The minimum absolute atomic E-state index is 0.890. The first-order valence-electron chi connectivity index (χ1n) is 8.41. The van der Waals surface area contributed by atoms with Gasteiger partial charge in [-0.25, -0.2) is 0 Å². The second-order valence-electron chi connectivity index (χ2n) is 6.43. The van der Waals surface area contributed by atoms with Gasteiger partial charge in [0.25, 0.3) is 0 Å². The molecule has 4 aromatic heterocycles. The monoisotopic (exact) mass is 359 g/mol. The maximum atomic E-state index is 4.43. The van der Waals surface area contributed by atoms with Crippen molar-refractivity contribution in [2.24, 2.45) is 7.05 Å². The van der Waals surface area contributed by atoms with Gasteiger partial charge in [0.2, 0.25) is 0 Å². The van der Waals surface area contributed by atoms with Crippen LogP contribution in [0.4, 0.5) is 0 Å². The lowest BCUT2D eigenvalue weighted by molar-refractivity contribution is 0.768. The molecule has 0 atom stereocenters. The van der Waals surface area contributed by atoms with E-state index in [4.69, 9.17) is 0 Å². The normalized spacial score (nSPS) is 11.5. The number of nitrogens with zero attached hydrogens (tertiary/aromatic N) is 3. The fraction of sp³-hybridized carbons (Fsp3) is 0.100. The van der Waals surface area contributed by atoms with Crippen molar-refractivity contribution in [3.8, 4) is 33.1 Å². The number of aromatic amines is 2. The van der Waals surface area contributed by atoms with Crippen LogP contribution in [-0.4, -0.2) is 25.0 Å². The highest BCUT2D eigenvalue weighted by atomic mass is 32.1. The summed E-state index contributed by atoms with van der Waals surface area (Å²) in [4.78, 5) is 6.12. The first-order chi connectivity index (χ1) is 12.7. The minimum atomic E-state index is 0.890. The molecule has 0 aliphatic carbocycles. The van der Waals surface area contributed by atoms with Gasteiger partial charge in [-0.2, -0.15) is 10.2 Å². The molecule has 128 valence electrons. The fourth-order valence-electron chi connectivity index (χ4n) is 3.26. The zero-order valence-corrected chi connectivity index (χ0v) is 15.3. The predicted molar refractivity (Wildman–Crippen MR) is 106 cm³/mol. The molecule has 26 heavy (non-hydrogen) atoms. The van der Waals surface area contributed by atoms with Crippen LogP contribution >= 0.6 is 11.3 Å². The van der Waals surface area contributed by atoms with Gasteiger partial charge in [0.05, 0.1) is 23.3 Å². The first kappa shape index (κ1) is 15.2. The standard InChI is InChI=1S/C20H17N5S/c1-12-6-7-20(26-12)14-4-3-5-16-15(14)8-18(22-16)19-9-17(23-24-19)13-10-21-25(2)11-13/h3-11,22H,1-2H3,(H,23,24). The molecule has 0 saturated heterocycles. The van der Waals surface area contributed by atoms with E-state index in [1.807, 2.05) is 30.8 Å². The van der Waals surface area contributed by atoms with E-state index in [1.54, 1.807) is 4.68 Å². The van der Waals surface area contributed by atoms with Crippen LogP contribution in [0, 0.1) is 6.92 Å². The van der Waals surface area contributed by atoms with Crippen molar-refractivity contribution < 1.29 is 0 Å². The molecule has 1 aromatic carbocycles. The molecule has 5 nitrogen and oxygen atoms in total. The zero-order valence-electron chi connectivity index (χ0n) is 14.4. The quantitative estimate of drug-likeness (QED) is 0.476. The molecule has 5 aromatic rings. The Morgan fingerprint density at radius 1 is 1.08 bits per heavy atom. The Morgan fingerprint density at radius 3 is 2.77 bits per heavy atom. The molecule has 2 N–H and O–H groups in total. The number of hydrogen-bond donors (Lipinski definition) is 2. The number of aromatic nitrogens is 5. The molecule has 0 fully saturated rings. The molecule has 0 aliphatic heterocycles. The summed E-state index contributed by atoms with van der Waals surface area (Å²) in [5, 5.41) is 13.0. The summed E-state index contributed by atoms with van der Waals surface area (Å²) in [6, 6.07) is 15.0. The van der Waals surface area contributed by atoms with Crippen molar-refractivity contribution in [3.05, 3.63) is 59.7 Å². The molecule has 5 rings (SSSR count). The van der Waals surface area contributed by atoms with Crippen LogP contribution in [0.15, 0.2) is 54.9 Å². The second-order valence-corrected chi connectivity index (χ2v) is 7.72. The highest BCUT2D eigenvalue weighted by Crippen LogP contribution is 2.35. The van der Waals surface area contributed by atoms with Crippen molar-refractivity contribution in [2.75, 3.05) is 0 Å². The number of benzene rings is 1. The SMILES string of the molecule is Cc1ccc(-c2cccc3[nH]c(-c4cc(-c5cnn(C)c5)n[nH]4)cc23)s1. The lowest BCUT2D eigenvalue weighted by atomic mass is 10.1. The number of aryl methyl sites for hydroxylation is 2. The van der Waals surface area contributed by atoms with Crippen LogP contribution in [0.25, 0.3) is 44.0 Å². The van der Waals surface area contributed by atoms with Crippen molar-refractivity contribution in [2.45, 2.75) is 6.92 Å². The summed E-state index contributed by atoms with van der Waals surface area (Å²) in [6.07, 6.45) is 3.78. The number of hydrogen-bond acceptors (Lipinski definition) is 3. The molecular formula is C20H17N5S. The molecule has 0 bridgehead atoms. The average molecular weight is 359 g/mol. The van der Waals surface area contributed by atoms with Gasteiger partial charge in [0, 0.05) is 45.0 Å². The Hall–Kier alpha value is -3.12. The molecular weight excluding hydrogens is 342 g/mol. The van der Waals surface area contributed by atoms with Crippen LogP contribution in [0.3, 0.4) is 0 Å². The minimum Gasteiger partial charge on any atom is -0.353 e. The van der Waals surface area contributed by atoms with Crippen molar-refractivity contribution >= 4 is 22.2 Å². The average Bonchev–Trinajstić information content (AvgIpc) is 3.39. The molecule has 0 aliphatic rings. The van der Waals surface area contributed by atoms with Gasteiger partial charge in [-0.3, -0.25) is 9.78 Å². The molecule has 6 heteroatoms. The molecule has 0 saturated carbocycles. The Labute approximate surface area is 154 Å². The smallest absolute Gasteiger partial charge is 0.0959 e. The van der Waals surface area contributed by atoms with Crippen molar-refractivity contribution in [3.63, 3.8) is 0 Å². The summed E-state index contributed by atoms with van der Waals surface area (Å²) in [5.41, 5.74) is 6.27. The number of fused-ring (bicyclic) bond motifs is 1. The number of thiophene rings is 1. The van der Waals surface area contributed by atoms with E-state index in [2.05, 4.69) is 69.7 Å². The first-order valence-corrected chi connectivity index (χ1v) is 9.22. The number of nitrogens with one attached hydrogen (secondary N) is 2. The third kappa shape index (κ3) is 2.46. The summed E-state index contributed by atoms with van der Waals surface area (Å²) in [7, 11) is 1.91. The zero-order chi connectivity index (χ0) is 17.7. The predicted octanol–water partition coefficient (Wildman–Crippen LogP) is 5.00. The van der Waals surface area contributed by atoms with Crippen molar-refractivity contribution in [1.82, 2.24) is 25.0 Å². The highest BCUT2D eigenvalue weighted by Gasteiger charge is 2.12. The topological polar surface area (TPSA) is 62.3 Å². The maximum Gasteiger partial charge on any atom is 0.0959 e. The Balaban J connectivity index is 1.59. The van der Waals surface area contributed by atoms with E-state index in [0.717, 1.165) is 28.2 Å². The molecule has 0 amide bonds. The maximum absolute atomic E-state index is 4.43. The number of rotatable bonds is 3. The Bertz CT molecular complexity index is 1220. The van der Waals surface area contributed by atoms with Crippen molar-refractivity contribution in [1.29, 1.82) is 0 Å². The molecule has 0 unspecified atom stereocenters. The number of H-pyrrole nitrogens is 2. The van der Waals surface area contributed by atoms with Crippen LogP contribution in [0.2, 0.25) is 0 Å². The van der Waals surface area contributed by atoms with Gasteiger partial charge in [0.15, 0.2) is 0 Å². The third-order valence-electron chi connectivity index (χ3n) is 4.54. The lowest BCUT2D eigenvalue weighted by Crippen LogP contribution is -1.84. The summed E-state index contributed by atoms with van der Waals surface area (Å²) >= 11 is 1.82. The third-order valence-corrected chi connectivity index (χ3v) is 5.57. The summed E-state index contributed by atoms with van der Waals surface area (Å²) in [6.45, 7) is 2.14. The van der Waals surface area contributed by atoms with Gasteiger partial charge >= 0.3 is 0 Å². The molecule has 4 heterocycles. The Kier molecular flexibility index (Phi) is 3.33. The van der Waals surface area contributed by atoms with Crippen LogP contribution in [-0.2, 0) is 7.05 Å². The lowest BCUT2D eigenvalue weighted by Gasteiger charge is -1.99.